The molecule has 0 saturated heterocycles. The number of halogens is 1. The topological polar surface area (TPSA) is 47.6 Å². The minimum Gasteiger partial charge on any atom is -0.494 e. The lowest BCUT2D eigenvalue weighted by molar-refractivity contribution is 0.102. The summed E-state index contributed by atoms with van der Waals surface area (Å²) < 4.78 is 11.2. The van der Waals surface area contributed by atoms with Crippen molar-refractivity contribution in [2.24, 2.45) is 0 Å². The average Bonchev–Trinajstić information content (AvgIpc) is 2.58. The number of anilines is 1. The van der Waals surface area contributed by atoms with E-state index >= 15 is 0 Å². The number of rotatable bonds is 8. The first kappa shape index (κ1) is 18.3. The summed E-state index contributed by atoms with van der Waals surface area (Å²) in [7, 11) is 0. The molecule has 0 unspecified atom stereocenters. The van der Waals surface area contributed by atoms with Crippen LogP contribution in [0.15, 0.2) is 42.5 Å². The number of amides is 1. The van der Waals surface area contributed by atoms with E-state index < -0.39 is 0 Å². The van der Waals surface area contributed by atoms with Crippen molar-refractivity contribution in [2.45, 2.75) is 26.9 Å². The Morgan fingerprint density at radius 2 is 1.88 bits per heavy atom. The van der Waals surface area contributed by atoms with Crippen molar-refractivity contribution in [2.75, 3.05) is 18.5 Å². The zero-order chi connectivity index (χ0) is 17.4. The van der Waals surface area contributed by atoms with Crippen molar-refractivity contribution in [1.29, 1.82) is 0 Å². The molecule has 0 aliphatic heterocycles. The van der Waals surface area contributed by atoms with Crippen LogP contribution in [-0.4, -0.2) is 19.1 Å². The number of ether oxygens (including phenoxy) is 2. The fourth-order valence-electron chi connectivity index (χ4n) is 2.19. The summed E-state index contributed by atoms with van der Waals surface area (Å²) in [5, 5.41) is 3.48. The summed E-state index contributed by atoms with van der Waals surface area (Å²) in [5.41, 5.74) is 2.12. The quantitative estimate of drug-likeness (QED) is 0.689. The Labute approximate surface area is 147 Å². The Morgan fingerprint density at radius 1 is 1.12 bits per heavy atom. The van der Waals surface area contributed by atoms with E-state index in [2.05, 4.69) is 12.2 Å². The number of hydrogen-bond acceptors (Lipinski definition) is 3. The predicted molar refractivity (Wildman–Crippen MR) is 97.0 cm³/mol. The molecule has 2 rings (SSSR count). The summed E-state index contributed by atoms with van der Waals surface area (Å²) in [5.74, 6) is 0.564. The number of carbonyl (C=O) groups excluding carboxylic acids is 1. The lowest BCUT2D eigenvalue weighted by Gasteiger charge is -2.13. The second-order valence-electron chi connectivity index (χ2n) is 5.27. The summed E-state index contributed by atoms with van der Waals surface area (Å²) in [6.45, 7) is 5.65. The Bertz CT molecular complexity index is 671. The molecular weight excluding hydrogens is 326 g/mol. The van der Waals surface area contributed by atoms with Crippen molar-refractivity contribution in [1.82, 2.24) is 0 Å². The van der Waals surface area contributed by atoms with E-state index in [1.807, 2.05) is 19.1 Å². The number of nitrogens with one attached hydrogen (secondary N) is 1. The molecule has 0 atom stereocenters. The highest BCUT2D eigenvalue weighted by Gasteiger charge is 2.11. The molecule has 0 aromatic heterocycles. The second-order valence-corrected chi connectivity index (χ2v) is 5.71. The van der Waals surface area contributed by atoms with Gasteiger partial charge in [-0.15, -0.1) is 0 Å². The Morgan fingerprint density at radius 3 is 2.54 bits per heavy atom. The maximum atomic E-state index is 12.4. The molecular formula is C19H22ClNO3. The Hall–Kier alpha value is -2.04. The van der Waals surface area contributed by atoms with E-state index in [-0.39, 0.29) is 5.91 Å². The van der Waals surface area contributed by atoms with Gasteiger partial charge in [0.15, 0.2) is 0 Å². The van der Waals surface area contributed by atoms with Gasteiger partial charge in [-0.05, 0) is 55.8 Å². The fourth-order valence-corrected chi connectivity index (χ4v) is 2.32. The van der Waals surface area contributed by atoms with Gasteiger partial charge in [0.25, 0.3) is 5.91 Å². The van der Waals surface area contributed by atoms with Crippen molar-refractivity contribution in [3.8, 4) is 5.75 Å². The Balaban J connectivity index is 2.14. The van der Waals surface area contributed by atoms with E-state index in [9.17, 15) is 4.79 Å². The fraction of sp³-hybridized carbons (Fsp3) is 0.316. The van der Waals surface area contributed by atoms with E-state index in [1.54, 1.807) is 30.3 Å². The largest absolute Gasteiger partial charge is 0.494 e. The van der Waals surface area contributed by atoms with E-state index in [1.165, 1.54) is 0 Å². The first-order valence-corrected chi connectivity index (χ1v) is 8.42. The van der Waals surface area contributed by atoms with Gasteiger partial charge in [-0.3, -0.25) is 4.79 Å². The van der Waals surface area contributed by atoms with E-state index in [0.29, 0.717) is 36.1 Å². The zero-order valence-electron chi connectivity index (χ0n) is 14.0. The van der Waals surface area contributed by atoms with E-state index in [0.717, 1.165) is 17.7 Å². The number of benzene rings is 2. The first-order valence-electron chi connectivity index (χ1n) is 8.04. The summed E-state index contributed by atoms with van der Waals surface area (Å²) in [4.78, 5) is 12.4. The SMILES string of the molecule is CCCOCc1cc(C(=O)Nc2ccc(Cl)cc2)ccc1OCC. The van der Waals surface area contributed by atoms with Gasteiger partial charge >= 0.3 is 0 Å². The summed E-state index contributed by atoms with van der Waals surface area (Å²) >= 11 is 5.85. The normalized spacial score (nSPS) is 10.5. The molecule has 0 spiro atoms. The molecule has 128 valence electrons. The molecule has 0 aliphatic carbocycles. The highest BCUT2D eigenvalue weighted by atomic mass is 35.5. The van der Waals surface area contributed by atoms with Crippen LogP contribution < -0.4 is 10.1 Å². The van der Waals surface area contributed by atoms with Crippen LogP contribution >= 0.6 is 11.6 Å². The number of carbonyl (C=O) groups is 1. The van der Waals surface area contributed by atoms with Gasteiger partial charge in [0.2, 0.25) is 0 Å². The van der Waals surface area contributed by atoms with Crippen molar-refractivity contribution in [3.63, 3.8) is 0 Å². The molecule has 5 heteroatoms. The van der Waals surface area contributed by atoms with Crippen LogP contribution in [0.2, 0.25) is 5.02 Å². The van der Waals surface area contributed by atoms with Crippen molar-refractivity contribution < 1.29 is 14.3 Å². The minimum atomic E-state index is -0.183. The smallest absolute Gasteiger partial charge is 0.255 e. The monoisotopic (exact) mass is 347 g/mol. The molecule has 1 N–H and O–H groups in total. The number of hydrogen-bond donors (Lipinski definition) is 1. The predicted octanol–water partition coefficient (Wildman–Crippen LogP) is 4.92. The third-order valence-electron chi connectivity index (χ3n) is 3.33. The molecule has 0 heterocycles. The summed E-state index contributed by atoms with van der Waals surface area (Å²) in [6.07, 6.45) is 0.945. The van der Waals surface area contributed by atoms with Crippen LogP contribution in [0.4, 0.5) is 5.69 Å². The minimum absolute atomic E-state index is 0.183. The van der Waals surface area contributed by atoms with Gasteiger partial charge in [-0.1, -0.05) is 18.5 Å². The molecule has 2 aromatic carbocycles. The maximum Gasteiger partial charge on any atom is 0.255 e. The third-order valence-corrected chi connectivity index (χ3v) is 3.58. The lowest BCUT2D eigenvalue weighted by Crippen LogP contribution is -2.12. The van der Waals surface area contributed by atoms with E-state index in [4.69, 9.17) is 21.1 Å². The maximum absolute atomic E-state index is 12.4. The Kier molecular flexibility index (Phi) is 7.09. The zero-order valence-corrected chi connectivity index (χ0v) is 14.7. The van der Waals surface area contributed by atoms with Gasteiger partial charge in [0.05, 0.1) is 13.2 Å². The molecule has 0 saturated carbocycles. The first-order chi connectivity index (χ1) is 11.6. The van der Waals surface area contributed by atoms with Crippen molar-refractivity contribution in [3.05, 3.63) is 58.6 Å². The van der Waals surface area contributed by atoms with Crippen LogP contribution in [0.3, 0.4) is 0 Å². The van der Waals surface area contributed by atoms with Crippen LogP contribution in [0.1, 0.15) is 36.2 Å². The summed E-state index contributed by atoms with van der Waals surface area (Å²) in [6, 6.07) is 12.4. The highest BCUT2D eigenvalue weighted by molar-refractivity contribution is 6.30. The molecule has 0 radical (unpaired) electrons. The van der Waals surface area contributed by atoms with Crippen LogP contribution in [0.5, 0.6) is 5.75 Å². The van der Waals surface area contributed by atoms with Gasteiger partial charge in [-0.25, -0.2) is 0 Å². The molecule has 4 nitrogen and oxygen atoms in total. The average molecular weight is 348 g/mol. The molecule has 0 fully saturated rings. The third kappa shape index (κ3) is 5.25. The van der Waals surface area contributed by atoms with Gasteiger partial charge in [-0.2, -0.15) is 0 Å². The van der Waals surface area contributed by atoms with Crippen LogP contribution in [-0.2, 0) is 11.3 Å². The van der Waals surface area contributed by atoms with Gasteiger partial charge in [0.1, 0.15) is 5.75 Å². The standard InChI is InChI=1S/C19H22ClNO3/c1-3-11-23-13-15-12-14(5-10-18(15)24-4-2)19(22)21-17-8-6-16(20)7-9-17/h5-10,12H,3-4,11,13H2,1-2H3,(H,21,22). The molecule has 24 heavy (non-hydrogen) atoms. The molecule has 0 bridgehead atoms. The second kappa shape index (κ2) is 9.30. The highest BCUT2D eigenvalue weighted by Crippen LogP contribution is 2.22. The van der Waals surface area contributed by atoms with Gasteiger partial charge < -0.3 is 14.8 Å². The molecule has 1 amide bonds. The molecule has 2 aromatic rings. The molecule has 0 aliphatic rings. The van der Waals surface area contributed by atoms with Crippen LogP contribution in [0.25, 0.3) is 0 Å². The van der Waals surface area contributed by atoms with Crippen LogP contribution in [0, 0.1) is 0 Å². The van der Waals surface area contributed by atoms with Gasteiger partial charge in [0, 0.05) is 28.4 Å². The van der Waals surface area contributed by atoms with Crippen molar-refractivity contribution >= 4 is 23.2 Å². The lowest BCUT2D eigenvalue weighted by atomic mass is 10.1.